The summed E-state index contributed by atoms with van der Waals surface area (Å²) >= 11 is 0. The lowest BCUT2D eigenvalue weighted by molar-refractivity contribution is -0.158. The molecule has 0 bridgehead atoms. The molecule has 1 aromatic heterocycles. The van der Waals surface area contributed by atoms with Crippen molar-refractivity contribution < 1.29 is 23.6 Å². The van der Waals surface area contributed by atoms with Crippen molar-refractivity contribution in [1.82, 2.24) is 15.5 Å². The molecule has 4 atom stereocenters. The molecule has 0 aliphatic carbocycles. The number of unbranched alkanes of at least 4 members (excludes halogenated alkanes) is 2. The van der Waals surface area contributed by atoms with Gasteiger partial charge in [0.1, 0.15) is 5.41 Å². The molecule has 2 aromatic rings. The van der Waals surface area contributed by atoms with E-state index in [2.05, 4.69) is 27.3 Å². The minimum atomic E-state index is -1.39. The third-order valence-electron chi connectivity index (χ3n) is 7.24. The SMILES string of the molecule is CCCCCc1nc(-c2ccc3c(c2)C[C@@]2(C(=O)CC(=O)NC2=O)[C@H]2[C@H](C)O[C@H](C)CN32)no1. The van der Waals surface area contributed by atoms with Crippen LogP contribution in [0.3, 0.4) is 0 Å². The van der Waals surface area contributed by atoms with E-state index < -0.39 is 23.3 Å². The van der Waals surface area contributed by atoms with E-state index in [1.807, 2.05) is 32.0 Å². The summed E-state index contributed by atoms with van der Waals surface area (Å²) in [6.45, 7) is 6.56. The van der Waals surface area contributed by atoms with Crippen LogP contribution in [0, 0.1) is 5.41 Å². The summed E-state index contributed by atoms with van der Waals surface area (Å²) in [5, 5.41) is 6.57. The van der Waals surface area contributed by atoms with E-state index in [9.17, 15) is 14.4 Å². The van der Waals surface area contributed by atoms with E-state index in [1.165, 1.54) is 0 Å². The van der Waals surface area contributed by atoms with Crippen LogP contribution in [-0.2, 0) is 32.0 Å². The molecular formula is C25H30N4O5. The molecule has 0 radical (unpaired) electrons. The van der Waals surface area contributed by atoms with E-state index in [4.69, 9.17) is 9.26 Å². The third-order valence-corrected chi connectivity index (χ3v) is 7.24. The van der Waals surface area contributed by atoms with Crippen LogP contribution in [0.5, 0.6) is 0 Å². The van der Waals surface area contributed by atoms with Gasteiger partial charge in [0, 0.05) is 24.2 Å². The number of imide groups is 1. The van der Waals surface area contributed by atoms with Crippen LogP contribution in [-0.4, -0.2) is 52.5 Å². The fourth-order valence-electron chi connectivity index (χ4n) is 5.78. The largest absolute Gasteiger partial charge is 0.372 e. The number of amides is 2. The van der Waals surface area contributed by atoms with Crippen molar-refractivity contribution in [3.05, 3.63) is 29.7 Å². The van der Waals surface area contributed by atoms with Crippen molar-refractivity contribution in [1.29, 1.82) is 0 Å². The monoisotopic (exact) mass is 466 g/mol. The Balaban J connectivity index is 1.55. The van der Waals surface area contributed by atoms with Gasteiger partial charge in [-0.2, -0.15) is 4.98 Å². The number of aryl methyl sites for hydroxylation is 1. The average molecular weight is 467 g/mol. The molecule has 1 spiro atoms. The molecule has 0 unspecified atom stereocenters. The Kier molecular flexibility index (Phi) is 5.75. The molecule has 2 saturated heterocycles. The van der Waals surface area contributed by atoms with Crippen LogP contribution in [0.1, 0.15) is 57.9 Å². The second kappa shape index (κ2) is 8.61. The first-order valence-corrected chi connectivity index (χ1v) is 12.1. The number of nitrogens with zero attached hydrogens (tertiary/aromatic N) is 3. The zero-order chi connectivity index (χ0) is 24.0. The average Bonchev–Trinajstić information content (AvgIpc) is 3.26. The summed E-state index contributed by atoms with van der Waals surface area (Å²) in [4.78, 5) is 45.3. The molecule has 3 aliphatic rings. The molecule has 3 aliphatic heterocycles. The fraction of sp³-hybridized carbons (Fsp3) is 0.560. The number of fused-ring (bicyclic) bond motifs is 4. The first-order chi connectivity index (χ1) is 16.3. The highest BCUT2D eigenvalue weighted by molar-refractivity contribution is 6.22. The number of ketones is 1. The van der Waals surface area contributed by atoms with Crippen LogP contribution in [0.4, 0.5) is 5.69 Å². The molecule has 1 N–H and O–H groups in total. The maximum absolute atomic E-state index is 13.4. The zero-order valence-corrected chi connectivity index (χ0v) is 19.8. The molecule has 2 amide bonds. The number of carbonyl (C=O) groups is 3. The molecular weight excluding hydrogens is 436 g/mol. The van der Waals surface area contributed by atoms with Gasteiger partial charge in [-0.25, -0.2) is 0 Å². The Bertz CT molecular complexity index is 1120. The van der Waals surface area contributed by atoms with Crippen LogP contribution >= 0.6 is 0 Å². The Morgan fingerprint density at radius 2 is 2.03 bits per heavy atom. The molecule has 0 saturated carbocycles. The van der Waals surface area contributed by atoms with E-state index >= 15 is 0 Å². The smallest absolute Gasteiger partial charge is 0.242 e. The van der Waals surface area contributed by atoms with Crippen molar-refractivity contribution in [2.45, 2.75) is 77.5 Å². The van der Waals surface area contributed by atoms with Crippen molar-refractivity contribution in [3.8, 4) is 11.4 Å². The maximum atomic E-state index is 13.4. The minimum Gasteiger partial charge on any atom is -0.372 e. The third kappa shape index (κ3) is 3.62. The van der Waals surface area contributed by atoms with Gasteiger partial charge in [-0.1, -0.05) is 24.9 Å². The molecule has 2 fully saturated rings. The number of hydrogen-bond acceptors (Lipinski definition) is 8. The van der Waals surface area contributed by atoms with Crippen LogP contribution in [0.25, 0.3) is 11.4 Å². The van der Waals surface area contributed by atoms with Crippen molar-refractivity contribution in [2.75, 3.05) is 11.4 Å². The summed E-state index contributed by atoms with van der Waals surface area (Å²) in [6.07, 6.45) is 3.42. The number of nitrogens with one attached hydrogen (secondary N) is 1. The van der Waals surface area contributed by atoms with Crippen LogP contribution in [0.2, 0.25) is 0 Å². The lowest BCUT2D eigenvalue weighted by Crippen LogP contribution is -2.72. The Morgan fingerprint density at radius 1 is 1.21 bits per heavy atom. The predicted molar refractivity (Wildman–Crippen MR) is 123 cm³/mol. The minimum absolute atomic E-state index is 0.0693. The molecule has 9 nitrogen and oxygen atoms in total. The second-order valence-electron chi connectivity index (χ2n) is 9.69. The number of carbonyl (C=O) groups excluding carboxylic acids is 3. The highest BCUT2D eigenvalue weighted by Gasteiger charge is 2.62. The number of hydrogen-bond donors (Lipinski definition) is 1. The van der Waals surface area contributed by atoms with Gasteiger partial charge in [0.25, 0.3) is 0 Å². The van der Waals surface area contributed by atoms with E-state index in [0.717, 1.165) is 42.5 Å². The maximum Gasteiger partial charge on any atom is 0.242 e. The zero-order valence-electron chi connectivity index (χ0n) is 19.8. The van der Waals surface area contributed by atoms with Gasteiger partial charge in [-0.05, 0) is 50.5 Å². The highest BCUT2D eigenvalue weighted by Crippen LogP contribution is 2.48. The normalized spacial score (nSPS) is 28.6. The number of morpholine rings is 1. The number of rotatable bonds is 5. The number of ether oxygens (including phenoxy) is 1. The Labute approximate surface area is 198 Å². The summed E-state index contributed by atoms with van der Waals surface area (Å²) in [6, 6.07) is 5.40. The van der Waals surface area contributed by atoms with E-state index in [0.29, 0.717) is 18.3 Å². The van der Waals surface area contributed by atoms with Crippen LogP contribution in [0.15, 0.2) is 22.7 Å². The second-order valence-corrected chi connectivity index (χ2v) is 9.69. The predicted octanol–water partition coefficient (Wildman–Crippen LogP) is 2.61. The lowest BCUT2D eigenvalue weighted by Gasteiger charge is -2.55. The first-order valence-electron chi connectivity index (χ1n) is 12.1. The molecule has 4 heterocycles. The Morgan fingerprint density at radius 3 is 2.79 bits per heavy atom. The van der Waals surface area contributed by atoms with Crippen LogP contribution < -0.4 is 10.2 Å². The van der Waals surface area contributed by atoms with Gasteiger partial charge in [-0.15, -0.1) is 0 Å². The van der Waals surface area contributed by atoms with Crippen molar-refractivity contribution >= 4 is 23.3 Å². The van der Waals surface area contributed by atoms with Gasteiger partial charge in [-0.3, -0.25) is 19.7 Å². The number of piperidine rings is 1. The molecule has 180 valence electrons. The standard InChI is InChI=1S/C25H30N4O5/c1-4-5-6-7-21-27-23(28-34-21)16-8-9-18-17(10-16)12-25(19(30)11-20(31)26-24(25)32)22-15(3)33-14(2)13-29(18)22/h8-10,14-15,22H,4-7,11-13H2,1-3H3,(H,26,31,32)/t14-,15+,22-,25-/m1/s1. The summed E-state index contributed by atoms with van der Waals surface area (Å²) < 4.78 is 11.5. The molecule has 9 heteroatoms. The lowest BCUT2D eigenvalue weighted by atomic mass is 9.63. The van der Waals surface area contributed by atoms with Gasteiger partial charge >= 0.3 is 0 Å². The summed E-state index contributed by atoms with van der Waals surface area (Å²) in [5.74, 6) is -0.345. The summed E-state index contributed by atoms with van der Waals surface area (Å²) in [5.41, 5.74) is 1.20. The van der Waals surface area contributed by atoms with E-state index in [1.54, 1.807) is 0 Å². The number of benzene rings is 1. The molecule has 5 rings (SSSR count). The summed E-state index contributed by atoms with van der Waals surface area (Å²) in [7, 11) is 0. The Hall–Kier alpha value is -3.07. The quantitative estimate of drug-likeness (QED) is 0.406. The van der Waals surface area contributed by atoms with Gasteiger partial charge in [0.05, 0.1) is 24.7 Å². The van der Waals surface area contributed by atoms with E-state index in [-0.39, 0.29) is 30.8 Å². The number of anilines is 1. The van der Waals surface area contributed by atoms with Gasteiger partial charge in [0.15, 0.2) is 5.78 Å². The topological polar surface area (TPSA) is 115 Å². The molecule has 34 heavy (non-hydrogen) atoms. The van der Waals surface area contributed by atoms with Gasteiger partial charge < -0.3 is 14.2 Å². The van der Waals surface area contributed by atoms with Crippen molar-refractivity contribution in [3.63, 3.8) is 0 Å². The number of Topliss-reactive ketones (excluding diaryl/α,β-unsaturated/α-hetero) is 1. The first kappa shape index (κ1) is 22.7. The fourth-order valence-corrected chi connectivity index (χ4v) is 5.78. The van der Waals surface area contributed by atoms with Crippen molar-refractivity contribution in [2.24, 2.45) is 5.41 Å². The highest BCUT2D eigenvalue weighted by atomic mass is 16.5. The number of aromatic nitrogens is 2. The van der Waals surface area contributed by atoms with Gasteiger partial charge in [0.2, 0.25) is 23.5 Å². The molecule has 1 aromatic carbocycles.